The van der Waals surface area contributed by atoms with Crippen LogP contribution in [0.1, 0.15) is 50.4 Å². The van der Waals surface area contributed by atoms with E-state index in [1.165, 1.54) is 12.8 Å². The molecule has 2 amide bonds. The molecule has 2 N–H and O–H groups in total. The second-order valence-electron chi connectivity index (χ2n) is 7.01. The Kier molecular flexibility index (Phi) is 7.91. The minimum atomic E-state index is -0.0868. The molecule has 2 atom stereocenters. The lowest BCUT2D eigenvalue weighted by atomic mass is 9.85. The lowest BCUT2D eigenvalue weighted by molar-refractivity contribution is -0.117. The van der Waals surface area contributed by atoms with Crippen molar-refractivity contribution < 1.29 is 9.59 Å². The predicted molar refractivity (Wildman–Crippen MR) is 107 cm³/mol. The van der Waals surface area contributed by atoms with Crippen LogP contribution in [0.5, 0.6) is 0 Å². The molecule has 0 aliphatic carbocycles. The molecule has 2 unspecified atom stereocenters. The van der Waals surface area contributed by atoms with Crippen molar-refractivity contribution in [3.63, 3.8) is 0 Å². The molecular weight excluding hydrogens is 350 g/mol. The minimum absolute atomic E-state index is 0.0121. The Morgan fingerprint density at radius 2 is 2.08 bits per heavy atom. The molecule has 0 spiro atoms. The molecule has 1 aromatic carbocycles. The maximum Gasteiger partial charge on any atom is 0.255 e. The van der Waals surface area contributed by atoms with Gasteiger partial charge in [-0.05, 0) is 69.8 Å². The summed E-state index contributed by atoms with van der Waals surface area (Å²) in [6, 6.07) is 5.09. The fourth-order valence-corrected chi connectivity index (χ4v) is 3.74. The van der Waals surface area contributed by atoms with Gasteiger partial charge in [0.2, 0.25) is 5.91 Å². The molecule has 1 heterocycles. The third-order valence-electron chi connectivity index (χ3n) is 5.18. The third-order valence-corrected chi connectivity index (χ3v) is 5.49. The van der Waals surface area contributed by atoms with Crippen molar-refractivity contribution in [2.45, 2.75) is 40.0 Å². The first kappa shape index (κ1) is 20.7. The number of amides is 2. The number of anilines is 1. The summed E-state index contributed by atoms with van der Waals surface area (Å²) in [4.78, 5) is 26.5. The highest BCUT2D eigenvalue weighted by molar-refractivity contribution is 6.34. The van der Waals surface area contributed by atoms with Crippen molar-refractivity contribution in [1.82, 2.24) is 10.2 Å². The zero-order valence-corrected chi connectivity index (χ0v) is 16.7. The van der Waals surface area contributed by atoms with Crippen LogP contribution in [0.25, 0.3) is 0 Å². The van der Waals surface area contributed by atoms with E-state index < -0.39 is 0 Å². The van der Waals surface area contributed by atoms with E-state index in [2.05, 4.69) is 17.6 Å². The lowest BCUT2D eigenvalue weighted by Crippen LogP contribution is -2.34. The first-order valence-corrected chi connectivity index (χ1v) is 9.93. The number of carbonyl (C=O) groups is 2. The molecule has 144 valence electrons. The number of piperidine rings is 1. The Morgan fingerprint density at radius 3 is 2.65 bits per heavy atom. The summed E-state index contributed by atoms with van der Waals surface area (Å²) in [6.45, 7) is 9.35. The molecule has 1 aromatic rings. The van der Waals surface area contributed by atoms with Gasteiger partial charge in [0.15, 0.2) is 0 Å². The standard InChI is InChI=1S/C20H30ClN3O2/c1-4-24(5-2)20(26)17-9-8-16(12-18(17)21)23-19(25)11-14(3)15-7-6-10-22-13-15/h8-9,12,14-15,22H,4-7,10-11,13H2,1-3H3,(H,23,25). The Bertz CT molecular complexity index is 625. The molecule has 26 heavy (non-hydrogen) atoms. The van der Waals surface area contributed by atoms with E-state index in [9.17, 15) is 9.59 Å². The van der Waals surface area contributed by atoms with E-state index in [0.29, 0.717) is 47.6 Å². The van der Waals surface area contributed by atoms with Gasteiger partial charge in [0.05, 0.1) is 10.6 Å². The fraction of sp³-hybridized carbons (Fsp3) is 0.600. The second-order valence-corrected chi connectivity index (χ2v) is 7.42. The topological polar surface area (TPSA) is 61.4 Å². The monoisotopic (exact) mass is 379 g/mol. The summed E-state index contributed by atoms with van der Waals surface area (Å²) in [5.41, 5.74) is 1.10. The van der Waals surface area contributed by atoms with Crippen LogP contribution in [0.3, 0.4) is 0 Å². The number of hydrogen-bond donors (Lipinski definition) is 2. The van der Waals surface area contributed by atoms with Gasteiger partial charge in [0.1, 0.15) is 0 Å². The van der Waals surface area contributed by atoms with E-state index in [4.69, 9.17) is 11.6 Å². The summed E-state index contributed by atoms with van der Waals surface area (Å²) in [5, 5.41) is 6.67. The average molecular weight is 380 g/mol. The molecule has 0 bridgehead atoms. The lowest BCUT2D eigenvalue weighted by Gasteiger charge is -2.28. The zero-order chi connectivity index (χ0) is 19.1. The first-order chi connectivity index (χ1) is 12.5. The van der Waals surface area contributed by atoms with E-state index >= 15 is 0 Å². The number of carbonyl (C=O) groups excluding carboxylic acids is 2. The predicted octanol–water partition coefficient (Wildman–Crippen LogP) is 3.79. The molecule has 1 fully saturated rings. The van der Waals surface area contributed by atoms with E-state index in [1.807, 2.05) is 13.8 Å². The summed E-state index contributed by atoms with van der Waals surface area (Å²) in [6.07, 6.45) is 2.84. The molecular formula is C20H30ClN3O2. The van der Waals surface area contributed by atoms with Crippen LogP contribution < -0.4 is 10.6 Å². The van der Waals surface area contributed by atoms with Crippen LogP contribution in [-0.2, 0) is 4.79 Å². The smallest absolute Gasteiger partial charge is 0.255 e. The number of nitrogens with zero attached hydrogens (tertiary/aromatic N) is 1. The molecule has 1 aliphatic heterocycles. The molecule has 0 aromatic heterocycles. The van der Waals surface area contributed by atoms with Crippen LogP contribution in [0.2, 0.25) is 5.02 Å². The maximum absolute atomic E-state index is 12.4. The molecule has 5 nitrogen and oxygen atoms in total. The van der Waals surface area contributed by atoms with Crippen molar-refractivity contribution in [2.24, 2.45) is 11.8 Å². The minimum Gasteiger partial charge on any atom is -0.339 e. The quantitative estimate of drug-likeness (QED) is 0.757. The maximum atomic E-state index is 12.4. The van der Waals surface area contributed by atoms with Crippen LogP contribution in [-0.4, -0.2) is 42.9 Å². The van der Waals surface area contributed by atoms with Crippen molar-refractivity contribution in [3.05, 3.63) is 28.8 Å². The van der Waals surface area contributed by atoms with Crippen LogP contribution in [0.4, 0.5) is 5.69 Å². The van der Waals surface area contributed by atoms with Gasteiger partial charge in [-0.3, -0.25) is 9.59 Å². The van der Waals surface area contributed by atoms with Crippen molar-refractivity contribution in [1.29, 1.82) is 0 Å². The number of rotatable bonds is 7. The summed E-state index contributed by atoms with van der Waals surface area (Å²) < 4.78 is 0. The van der Waals surface area contributed by atoms with Gasteiger partial charge in [-0.2, -0.15) is 0 Å². The van der Waals surface area contributed by atoms with Crippen molar-refractivity contribution in [2.75, 3.05) is 31.5 Å². The Morgan fingerprint density at radius 1 is 1.35 bits per heavy atom. The molecule has 1 saturated heterocycles. The van der Waals surface area contributed by atoms with Gasteiger partial charge in [-0.1, -0.05) is 18.5 Å². The van der Waals surface area contributed by atoms with E-state index in [-0.39, 0.29) is 11.8 Å². The third kappa shape index (κ3) is 5.45. The zero-order valence-electron chi connectivity index (χ0n) is 16.0. The average Bonchev–Trinajstić information content (AvgIpc) is 2.63. The highest BCUT2D eigenvalue weighted by atomic mass is 35.5. The normalized spacial score (nSPS) is 18.2. The summed E-state index contributed by atoms with van der Waals surface area (Å²) >= 11 is 6.29. The second kappa shape index (κ2) is 9.93. The van der Waals surface area contributed by atoms with Gasteiger partial charge in [0, 0.05) is 25.2 Å². The van der Waals surface area contributed by atoms with Crippen LogP contribution in [0.15, 0.2) is 18.2 Å². The molecule has 1 aliphatic rings. The summed E-state index contributed by atoms with van der Waals surface area (Å²) in [5.74, 6) is 0.784. The highest BCUT2D eigenvalue weighted by Crippen LogP contribution is 2.25. The fourth-order valence-electron chi connectivity index (χ4n) is 3.48. The molecule has 0 radical (unpaired) electrons. The van der Waals surface area contributed by atoms with Crippen molar-refractivity contribution >= 4 is 29.1 Å². The van der Waals surface area contributed by atoms with Gasteiger partial charge in [-0.15, -0.1) is 0 Å². The SMILES string of the molecule is CCN(CC)C(=O)c1ccc(NC(=O)CC(C)C2CCCNC2)cc1Cl. The molecule has 2 rings (SSSR count). The number of benzene rings is 1. The number of halogens is 1. The van der Waals surface area contributed by atoms with E-state index in [1.54, 1.807) is 23.1 Å². The number of nitrogens with one attached hydrogen (secondary N) is 2. The van der Waals surface area contributed by atoms with Crippen LogP contribution in [0, 0.1) is 11.8 Å². The van der Waals surface area contributed by atoms with Crippen molar-refractivity contribution in [3.8, 4) is 0 Å². The summed E-state index contributed by atoms with van der Waals surface area (Å²) in [7, 11) is 0. The Labute approximate surface area is 161 Å². The molecule has 0 saturated carbocycles. The molecule has 6 heteroatoms. The Balaban J connectivity index is 1.96. The first-order valence-electron chi connectivity index (χ1n) is 9.55. The van der Waals surface area contributed by atoms with Gasteiger partial charge in [-0.25, -0.2) is 0 Å². The van der Waals surface area contributed by atoms with E-state index in [0.717, 1.165) is 13.1 Å². The van der Waals surface area contributed by atoms with Crippen LogP contribution >= 0.6 is 11.6 Å². The van der Waals surface area contributed by atoms with Gasteiger partial charge < -0.3 is 15.5 Å². The Hall–Kier alpha value is -1.59. The van der Waals surface area contributed by atoms with Gasteiger partial charge >= 0.3 is 0 Å². The largest absolute Gasteiger partial charge is 0.339 e. The van der Waals surface area contributed by atoms with Gasteiger partial charge in [0.25, 0.3) is 5.91 Å². The highest BCUT2D eigenvalue weighted by Gasteiger charge is 2.22. The number of hydrogen-bond acceptors (Lipinski definition) is 3.